The number of nitrogens with one attached hydrogen (secondary N) is 1. The summed E-state index contributed by atoms with van der Waals surface area (Å²) < 4.78 is 30.5. The highest BCUT2D eigenvalue weighted by Gasteiger charge is 2.61. The normalized spacial score (nSPS) is 21.9. The largest absolute Gasteiger partial charge is 0.474 e. The van der Waals surface area contributed by atoms with Crippen LogP contribution in [0.15, 0.2) is 36.5 Å². The van der Waals surface area contributed by atoms with Gasteiger partial charge in [-0.15, -0.1) is 0 Å². The lowest BCUT2D eigenvalue weighted by Crippen LogP contribution is -2.54. The van der Waals surface area contributed by atoms with E-state index in [4.69, 9.17) is 10.00 Å². The standard InChI is InChI=1S/C25H25FN4O3.C2H3N.CH3F.H2/c26-17-7-4-8-20-23(17)25(24(32)30(20)14-21(31)15-5-2-1-3-6-15)11-16(12-25)33-22-10-9-18-19(28-22)13-27-29-18;1-2-3;1-2;/h4,7-10,13,15-16H,1-3,5-6,11-12,14H2,(H,27,29);1H3;1H3;1H. The van der Waals surface area contributed by atoms with Crippen LogP contribution < -0.4 is 9.64 Å². The number of anilines is 1. The van der Waals surface area contributed by atoms with Crippen LogP contribution in [0.2, 0.25) is 0 Å². The van der Waals surface area contributed by atoms with Crippen LogP contribution in [0.3, 0.4) is 0 Å². The van der Waals surface area contributed by atoms with Crippen LogP contribution in [-0.2, 0) is 15.0 Å². The summed E-state index contributed by atoms with van der Waals surface area (Å²) in [4.78, 5) is 32.5. The number of aromatic nitrogens is 3. The molecule has 6 rings (SSSR count). The molecule has 2 aliphatic carbocycles. The number of hydrogen-bond donors (Lipinski definition) is 1. The molecule has 1 amide bonds. The van der Waals surface area contributed by atoms with Crippen LogP contribution in [-0.4, -0.2) is 46.7 Å². The van der Waals surface area contributed by atoms with Gasteiger partial charge < -0.3 is 9.64 Å². The molecular formula is C28H33F2N5O3. The molecule has 2 fully saturated rings. The minimum Gasteiger partial charge on any atom is -0.474 e. The van der Waals surface area contributed by atoms with Gasteiger partial charge in [0.25, 0.3) is 0 Å². The van der Waals surface area contributed by atoms with Crippen molar-refractivity contribution in [2.75, 3.05) is 18.6 Å². The number of H-pyrrole nitrogens is 1. The average Bonchev–Trinajstić information content (AvgIpc) is 3.48. The molecule has 2 saturated carbocycles. The summed E-state index contributed by atoms with van der Waals surface area (Å²) in [5.74, 6) is -0.0523. The molecule has 202 valence electrons. The number of rotatable bonds is 5. The Hall–Kier alpha value is -3.87. The molecule has 1 aliphatic heterocycles. The van der Waals surface area contributed by atoms with Gasteiger partial charge in [-0.25, -0.2) is 9.37 Å². The third-order valence-electron chi connectivity index (χ3n) is 7.50. The molecule has 0 atom stereocenters. The van der Waals surface area contributed by atoms with Crippen LogP contribution in [0, 0.1) is 23.1 Å². The van der Waals surface area contributed by atoms with Crippen molar-refractivity contribution in [1.29, 1.82) is 5.26 Å². The second-order valence-corrected chi connectivity index (χ2v) is 9.73. The van der Waals surface area contributed by atoms with E-state index in [1.54, 1.807) is 30.5 Å². The fraction of sp³-hybridized carbons (Fsp3) is 0.464. The van der Waals surface area contributed by atoms with E-state index in [-0.39, 0.29) is 31.7 Å². The summed E-state index contributed by atoms with van der Waals surface area (Å²) in [6, 6.07) is 10.1. The van der Waals surface area contributed by atoms with Crippen molar-refractivity contribution in [2.24, 2.45) is 5.92 Å². The first-order valence-electron chi connectivity index (χ1n) is 12.8. The molecule has 3 aliphatic rings. The lowest BCUT2D eigenvalue weighted by atomic mass is 9.63. The molecular weight excluding hydrogens is 492 g/mol. The van der Waals surface area contributed by atoms with Crippen molar-refractivity contribution in [3.63, 3.8) is 0 Å². The van der Waals surface area contributed by atoms with E-state index in [0.29, 0.717) is 42.7 Å². The summed E-state index contributed by atoms with van der Waals surface area (Å²) in [5, 5.41) is 14.1. The van der Waals surface area contributed by atoms with Gasteiger partial charge in [0, 0.05) is 38.7 Å². The molecule has 1 N–H and O–H groups in total. The van der Waals surface area contributed by atoms with Gasteiger partial charge in [0.2, 0.25) is 11.8 Å². The SMILES string of the molecule is CC#N.CF.O=C(CN1C(=O)C2(CC(Oc3ccc4[nH]ncc4n3)C2)c2c(F)cccc21)C1CCCCC1.[HH]. The number of Topliss-reactive ketones (excluding diaryl/α,β-unsaturated/α-hetero) is 1. The van der Waals surface area contributed by atoms with Crippen LogP contribution in [0.1, 0.15) is 58.9 Å². The second-order valence-electron chi connectivity index (χ2n) is 9.73. The Morgan fingerprint density at radius 2 is 1.95 bits per heavy atom. The first-order chi connectivity index (χ1) is 18.5. The topological polar surface area (TPSA) is 112 Å². The predicted molar refractivity (Wildman–Crippen MR) is 140 cm³/mol. The van der Waals surface area contributed by atoms with Gasteiger partial charge >= 0.3 is 0 Å². The quantitative estimate of drug-likeness (QED) is 0.475. The summed E-state index contributed by atoms with van der Waals surface area (Å²) in [5.41, 5.74) is 1.47. The van der Waals surface area contributed by atoms with E-state index in [9.17, 15) is 14.0 Å². The van der Waals surface area contributed by atoms with Crippen molar-refractivity contribution in [1.82, 2.24) is 15.2 Å². The Labute approximate surface area is 221 Å². The van der Waals surface area contributed by atoms with Gasteiger partial charge in [0.15, 0.2) is 5.78 Å². The van der Waals surface area contributed by atoms with Crippen molar-refractivity contribution in [3.8, 4) is 11.9 Å². The molecule has 38 heavy (non-hydrogen) atoms. The summed E-state index contributed by atoms with van der Waals surface area (Å²) in [7, 11) is 0.500. The molecule has 10 heteroatoms. The Kier molecular flexibility index (Phi) is 8.35. The number of amides is 1. The van der Waals surface area contributed by atoms with E-state index < -0.39 is 11.2 Å². The van der Waals surface area contributed by atoms with E-state index in [1.165, 1.54) is 17.9 Å². The Bertz CT molecular complexity index is 1350. The first kappa shape index (κ1) is 27.2. The van der Waals surface area contributed by atoms with Crippen molar-refractivity contribution < 1.29 is 24.5 Å². The van der Waals surface area contributed by atoms with E-state index in [2.05, 4.69) is 15.2 Å². The number of nitrogens with zero attached hydrogens (tertiary/aromatic N) is 4. The van der Waals surface area contributed by atoms with Crippen molar-refractivity contribution in [2.45, 2.75) is 63.4 Å². The minimum absolute atomic E-state index is 0. The van der Waals surface area contributed by atoms with Gasteiger partial charge in [0.05, 0.1) is 42.6 Å². The molecule has 2 aromatic heterocycles. The van der Waals surface area contributed by atoms with Gasteiger partial charge in [-0.1, -0.05) is 25.3 Å². The van der Waals surface area contributed by atoms with Gasteiger partial charge in [0.1, 0.15) is 17.4 Å². The molecule has 8 nitrogen and oxygen atoms in total. The van der Waals surface area contributed by atoms with E-state index in [0.717, 1.165) is 37.6 Å². The van der Waals surface area contributed by atoms with Gasteiger partial charge in [-0.05, 0) is 31.0 Å². The average molecular weight is 526 g/mol. The second kappa shape index (κ2) is 11.7. The number of ketones is 1. The van der Waals surface area contributed by atoms with E-state index >= 15 is 4.39 Å². The predicted octanol–water partition coefficient (Wildman–Crippen LogP) is 5.43. The van der Waals surface area contributed by atoms with Gasteiger partial charge in [-0.2, -0.15) is 10.4 Å². The Balaban J connectivity index is 0.000000658. The molecule has 1 spiro atoms. The summed E-state index contributed by atoms with van der Waals surface area (Å²) in [6.07, 6.45) is 7.11. The molecule has 1 aromatic carbocycles. The number of ether oxygens (including phenoxy) is 1. The molecule has 0 saturated heterocycles. The number of nitriles is 1. The number of halogens is 2. The monoisotopic (exact) mass is 525 g/mol. The highest BCUT2D eigenvalue weighted by molar-refractivity contribution is 6.11. The summed E-state index contributed by atoms with van der Waals surface area (Å²) >= 11 is 0. The smallest absolute Gasteiger partial charge is 0.238 e. The maximum absolute atomic E-state index is 15.0. The number of carbonyl (C=O) groups excluding carboxylic acids is 2. The molecule has 3 aromatic rings. The van der Waals surface area contributed by atoms with Crippen LogP contribution in [0.4, 0.5) is 14.5 Å². The lowest BCUT2D eigenvalue weighted by molar-refractivity contribution is -0.132. The number of hydrogen-bond acceptors (Lipinski definition) is 6. The minimum atomic E-state index is -0.974. The molecule has 0 unspecified atom stereocenters. The fourth-order valence-corrected chi connectivity index (χ4v) is 5.78. The third kappa shape index (κ3) is 4.97. The third-order valence-corrected chi connectivity index (χ3v) is 7.50. The number of benzene rings is 1. The molecule has 0 radical (unpaired) electrons. The highest BCUT2D eigenvalue weighted by Crippen LogP contribution is 2.55. The number of aromatic amines is 1. The number of alkyl halides is 1. The van der Waals surface area contributed by atoms with E-state index in [1.807, 2.05) is 6.07 Å². The summed E-state index contributed by atoms with van der Waals surface area (Å²) in [6.45, 7) is 1.45. The number of pyridine rings is 1. The highest BCUT2D eigenvalue weighted by atomic mass is 19.1. The maximum atomic E-state index is 15.0. The lowest BCUT2D eigenvalue weighted by Gasteiger charge is -2.43. The first-order valence-corrected chi connectivity index (χ1v) is 12.8. The van der Waals surface area contributed by atoms with Crippen molar-refractivity contribution in [3.05, 3.63) is 47.9 Å². The number of carbonyl (C=O) groups is 2. The number of fused-ring (bicyclic) bond motifs is 3. The zero-order chi connectivity index (χ0) is 27.3. The van der Waals surface area contributed by atoms with Crippen LogP contribution in [0.25, 0.3) is 11.0 Å². The molecule has 0 bridgehead atoms. The Morgan fingerprint density at radius 1 is 1.24 bits per heavy atom. The zero-order valence-corrected chi connectivity index (χ0v) is 21.5. The zero-order valence-electron chi connectivity index (χ0n) is 21.5. The van der Waals surface area contributed by atoms with Gasteiger partial charge in [-0.3, -0.25) is 19.1 Å². The van der Waals surface area contributed by atoms with Crippen LogP contribution in [0.5, 0.6) is 5.88 Å². The maximum Gasteiger partial charge on any atom is 0.238 e. The van der Waals surface area contributed by atoms with Crippen molar-refractivity contribution >= 4 is 28.4 Å². The van der Waals surface area contributed by atoms with Crippen LogP contribution >= 0.6 is 0 Å². The molecule has 3 heterocycles. The Morgan fingerprint density at radius 3 is 2.66 bits per heavy atom. The fourth-order valence-electron chi connectivity index (χ4n) is 5.78.